The molecule has 1 aliphatic rings. The van der Waals surface area contributed by atoms with E-state index < -0.39 is 0 Å². The average Bonchev–Trinajstić information content (AvgIpc) is 2.51. The molecular formula is C8H14Cl2Hf-2. The Balaban J connectivity index is -0.0000000369. The van der Waals surface area contributed by atoms with Crippen LogP contribution in [-0.2, 0) is 25.8 Å². The summed E-state index contributed by atoms with van der Waals surface area (Å²) in [7, 11) is 0. The Bertz CT molecular complexity index is 70.2. The van der Waals surface area contributed by atoms with Crippen LogP contribution < -0.4 is 0 Å². The van der Waals surface area contributed by atoms with Gasteiger partial charge in [-0.1, -0.05) is 0 Å². The normalized spacial score (nSPS) is 9.09. The molecule has 0 spiro atoms. The van der Waals surface area contributed by atoms with Gasteiger partial charge in [0, 0.05) is 38.6 Å². The van der Waals surface area contributed by atoms with Crippen molar-refractivity contribution in [1.82, 2.24) is 0 Å². The summed E-state index contributed by atoms with van der Waals surface area (Å²) in [5.41, 5.74) is 0. The second-order valence-corrected chi connectivity index (χ2v) is 1.00. The van der Waals surface area contributed by atoms with Crippen molar-refractivity contribution in [2.45, 2.75) is 6.42 Å². The van der Waals surface area contributed by atoms with Crippen molar-refractivity contribution in [3.63, 3.8) is 0 Å². The van der Waals surface area contributed by atoms with Gasteiger partial charge in [0.25, 0.3) is 0 Å². The Morgan fingerprint density at radius 2 is 1.64 bits per heavy atom. The maximum Gasteiger partial charge on any atom is 0.0108 e. The minimum absolute atomic E-state index is 0. The summed E-state index contributed by atoms with van der Waals surface area (Å²) in [6, 6.07) is 0. The molecule has 0 bridgehead atoms. The fraction of sp³-hybridized carbons (Fsp3) is 0.375. The summed E-state index contributed by atoms with van der Waals surface area (Å²) >= 11 is 9.28. The molecule has 0 aromatic carbocycles. The van der Waals surface area contributed by atoms with Crippen molar-refractivity contribution in [2.24, 2.45) is 0 Å². The van der Waals surface area contributed by atoms with Crippen LogP contribution >= 0.6 is 23.2 Å². The molecule has 0 N–H and O–H groups in total. The number of rotatable bonds is 0. The molecule has 66 valence electrons. The Labute approximate surface area is 99.4 Å². The van der Waals surface area contributed by atoms with Gasteiger partial charge in [0.2, 0.25) is 0 Å². The van der Waals surface area contributed by atoms with E-state index in [1.165, 1.54) is 12.8 Å². The molecule has 1 aliphatic carbocycles. The second kappa shape index (κ2) is 30.6. The van der Waals surface area contributed by atoms with Crippen molar-refractivity contribution in [2.75, 3.05) is 12.8 Å². The monoisotopic (exact) mass is 360 g/mol. The first-order valence-electron chi connectivity index (χ1n) is 2.47. The predicted molar refractivity (Wildman–Crippen MR) is 51.5 cm³/mol. The van der Waals surface area contributed by atoms with E-state index in [0.717, 1.165) is 6.42 Å². The van der Waals surface area contributed by atoms with E-state index in [4.69, 9.17) is 0 Å². The largest absolute Gasteiger partial charge is 0.358 e. The van der Waals surface area contributed by atoms with Gasteiger partial charge in [-0.2, -0.15) is 6.08 Å². The maximum atomic E-state index is 4.64. The summed E-state index contributed by atoms with van der Waals surface area (Å²) in [5.74, 6) is 0. The van der Waals surface area contributed by atoms with Gasteiger partial charge in [0.05, 0.1) is 0 Å². The summed E-state index contributed by atoms with van der Waals surface area (Å²) in [5, 5.41) is 0. The molecule has 0 aromatic rings. The molecule has 0 atom stereocenters. The van der Waals surface area contributed by atoms with Crippen LogP contribution in [0.2, 0.25) is 0 Å². The molecule has 0 amide bonds. The van der Waals surface area contributed by atoms with Gasteiger partial charge < -0.3 is 7.43 Å². The molecule has 0 radical (unpaired) electrons. The first-order chi connectivity index (χ1) is 4.50. The van der Waals surface area contributed by atoms with Crippen molar-refractivity contribution in [3.8, 4) is 0 Å². The number of alkyl halides is 2. The average molecular weight is 360 g/mol. The maximum absolute atomic E-state index is 4.64. The van der Waals surface area contributed by atoms with Crippen LogP contribution in [0, 0.1) is 13.5 Å². The molecule has 11 heavy (non-hydrogen) atoms. The third-order valence-electron chi connectivity index (χ3n) is 0.586. The SMILES string of the molecule is CCl.CCl.[C-]1=CC=CC1.[CH3-].[Hf]. The standard InChI is InChI=1S/C5H5.2CH3Cl.CH3.Hf/c1-2-4-5-3-1;2*1-2;;/h1-3H,4H2;2*1H3;1H3;/q-1;;;-1;. The molecule has 0 aliphatic heterocycles. The van der Waals surface area contributed by atoms with Gasteiger partial charge in [-0.05, 0) is 0 Å². The van der Waals surface area contributed by atoms with E-state index in [9.17, 15) is 0 Å². The molecule has 0 unspecified atom stereocenters. The quantitative estimate of drug-likeness (QED) is 0.353. The van der Waals surface area contributed by atoms with E-state index in [0.29, 0.717) is 0 Å². The van der Waals surface area contributed by atoms with Gasteiger partial charge >= 0.3 is 0 Å². The van der Waals surface area contributed by atoms with Gasteiger partial charge in [-0.3, -0.25) is 6.08 Å². The van der Waals surface area contributed by atoms with Crippen LogP contribution in [0.5, 0.6) is 0 Å². The van der Waals surface area contributed by atoms with E-state index in [-0.39, 0.29) is 33.3 Å². The summed E-state index contributed by atoms with van der Waals surface area (Å²) < 4.78 is 0. The summed E-state index contributed by atoms with van der Waals surface area (Å²) in [6.07, 6.45) is 12.9. The zero-order valence-electron chi connectivity index (χ0n) is 7.20. The first kappa shape index (κ1) is 22.7. The van der Waals surface area contributed by atoms with Crippen LogP contribution in [-0.4, -0.2) is 12.8 Å². The molecule has 0 saturated carbocycles. The minimum Gasteiger partial charge on any atom is -0.358 e. The Hall–Kier alpha value is 0.930. The van der Waals surface area contributed by atoms with E-state index in [2.05, 4.69) is 35.4 Å². The topological polar surface area (TPSA) is 0 Å². The molecule has 0 aromatic heterocycles. The molecule has 0 heterocycles. The van der Waals surface area contributed by atoms with Gasteiger partial charge in [-0.25, -0.2) is 12.2 Å². The zero-order valence-corrected chi connectivity index (χ0v) is 12.3. The van der Waals surface area contributed by atoms with Crippen LogP contribution in [0.4, 0.5) is 0 Å². The molecule has 3 heteroatoms. The van der Waals surface area contributed by atoms with Gasteiger partial charge in [0.1, 0.15) is 0 Å². The van der Waals surface area contributed by atoms with Crippen LogP contribution in [0.15, 0.2) is 18.2 Å². The molecule has 0 saturated heterocycles. The fourth-order valence-electron chi connectivity index (χ4n) is 0.340. The minimum atomic E-state index is 0. The number of allylic oxidation sites excluding steroid dienone is 4. The number of hydrogen-bond acceptors (Lipinski definition) is 0. The van der Waals surface area contributed by atoms with Crippen molar-refractivity contribution >= 4 is 23.2 Å². The van der Waals surface area contributed by atoms with Gasteiger partial charge in [0.15, 0.2) is 0 Å². The third kappa shape index (κ3) is 24.8. The van der Waals surface area contributed by atoms with E-state index in [1.54, 1.807) is 0 Å². The Morgan fingerprint density at radius 1 is 1.18 bits per heavy atom. The molecule has 0 nitrogen and oxygen atoms in total. The van der Waals surface area contributed by atoms with Crippen molar-refractivity contribution in [1.29, 1.82) is 0 Å². The molecular weight excluding hydrogens is 345 g/mol. The van der Waals surface area contributed by atoms with E-state index in [1.807, 2.05) is 12.2 Å². The molecule has 1 rings (SSSR count). The summed E-state index contributed by atoms with van der Waals surface area (Å²) in [4.78, 5) is 0. The smallest absolute Gasteiger partial charge is 0.0108 e. The number of halogens is 2. The van der Waals surface area contributed by atoms with Crippen LogP contribution in [0.1, 0.15) is 6.42 Å². The van der Waals surface area contributed by atoms with Crippen molar-refractivity contribution < 1.29 is 25.8 Å². The first-order valence-corrected chi connectivity index (χ1v) is 3.98. The van der Waals surface area contributed by atoms with Gasteiger partial charge in [-0.15, -0.1) is 29.6 Å². The van der Waals surface area contributed by atoms with Crippen LogP contribution in [0.3, 0.4) is 0 Å². The third-order valence-corrected chi connectivity index (χ3v) is 0.586. The van der Waals surface area contributed by atoms with Crippen LogP contribution in [0.25, 0.3) is 0 Å². The zero-order chi connectivity index (χ0) is 7.54. The predicted octanol–water partition coefficient (Wildman–Crippen LogP) is 3.46. The fourth-order valence-corrected chi connectivity index (χ4v) is 0.340. The van der Waals surface area contributed by atoms with Crippen molar-refractivity contribution in [3.05, 3.63) is 31.7 Å². The number of hydrogen-bond donors (Lipinski definition) is 0. The Morgan fingerprint density at radius 3 is 1.73 bits per heavy atom. The molecule has 0 fully saturated rings. The summed E-state index contributed by atoms with van der Waals surface area (Å²) in [6.45, 7) is 0. The van der Waals surface area contributed by atoms with E-state index >= 15 is 0 Å². The second-order valence-electron chi connectivity index (χ2n) is 1.00. The Kier molecular flexibility index (Phi) is 63.1.